The molecule has 2 aliphatic rings. The van der Waals surface area contributed by atoms with E-state index >= 15 is 0 Å². The third-order valence-electron chi connectivity index (χ3n) is 5.17. The standard InChI is InChI=1S/C20H18FN5O2/c21-13-6-7-24(10-13)19-5-4-15(9-22-19)26-11-17-18(23-26)12-25(20(17)28)14-2-1-3-16(27)8-14/h1-5,8-9,11,13,27H,6-7,10,12H2/t13-/m0/s1. The lowest BCUT2D eigenvalue weighted by Gasteiger charge is -2.17. The molecular formula is C20H18FN5O2. The van der Waals surface area contributed by atoms with Crippen LogP contribution in [0.5, 0.6) is 5.75 Å². The lowest BCUT2D eigenvalue weighted by molar-refractivity contribution is 0.0996. The van der Waals surface area contributed by atoms with Crippen molar-refractivity contribution in [3.05, 3.63) is 60.0 Å². The fraction of sp³-hybridized carbons (Fsp3) is 0.250. The molecule has 4 heterocycles. The molecule has 0 bridgehead atoms. The summed E-state index contributed by atoms with van der Waals surface area (Å²) in [4.78, 5) is 20.7. The normalized spacial score (nSPS) is 18.8. The van der Waals surface area contributed by atoms with Crippen LogP contribution in [0.4, 0.5) is 15.9 Å². The molecule has 3 aromatic rings. The number of pyridine rings is 1. The summed E-state index contributed by atoms with van der Waals surface area (Å²) in [6.07, 6.45) is 3.12. The Morgan fingerprint density at radius 2 is 2.07 bits per heavy atom. The van der Waals surface area contributed by atoms with Crippen LogP contribution in [0.15, 0.2) is 48.8 Å². The molecule has 1 saturated heterocycles. The van der Waals surface area contributed by atoms with Crippen molar-refractivity contribution in [3.63, 3.8) is 0 Å². The van der Waals surface area contributed by atoms with Crippen molar-refractivity contribution < 1.29 is 14.3 Å². The zero-order valence-corrected chi connectivity index (χ0v) is 15.0. The summed E-state index contributed by atoms with van der Waals surface area (Å²) in [6, 6.07) is 10.3. The number of benzene rings is 1. The predicted molar refractivity (Wildman–Crippen MR) is 102 cm³/mol. The molecule has 0 spiro atoms. The highest BCUT2D eigenvalue weighted by Crippen LogP contribution is 2.30. The third kappa shape index (κ3) is 2.77. The van der Waals surface area contributed by atoms with Crippen LogP contribution >= 0.6 is 0 Å². The summed E-state index contributed by atoms with van der Waals surface area (Å²) >= 11 is 0. The van der Waals surface area contributed by atoms with Gasteiger partial charge in [0.1, 0.15) is 17.7 Å². The highest BCUT2D eigenvalue weighted by molar-refractivity contribution is 6.09. The van der Waals surface area contributed by atoms with Gasteiger partial charge < -0.3 is 14.9 Å². The molecule has 1 fully saturated rings. The van der Waals surface area contributed by atoms with Gasteiger partial charge in [0.05, 0.1) is 36.2 Å². The molecule has 8 heteroatoms. The lowest BCUT2D eigenvalue weighted by atomic mass is 10.2. The Morgan fingerprint density at radius 3 is 2.75 bits per heavy atom. The van der Waals surface area contributed by atoms with Gasteiger partial charge in [0, 0.05) is 24.5 Å². The number of amides is 1. The van der Waals surface area contributed by atoms with E-state index < -0.39 is 6.17 Å². The third-order valence-corrected chi connectivity index (χ3v) is 5.17. The summed E-state index contributed by atoms with van der Waals surface area (Å²) in [7, 11) is 0. The van der Waals surface area contributed by atoms with Gasteiger partial charge in [-0.15, -0.1) is 0 Å². The van der Waals surface area contributed by atoms with Gasteiger partial charge in [-0.1, -0.05) is 6.07 Å². The Balaban J connectivity index is 1.37. The van der Waals surface area contributed by atoms with E-state index in [1.165, 1.54) is 0 Å². The number of alkyl halides is 1. The zero-order valence-electron chi connectivity index (χ0n) is 15.0. The summed E-state index contributed by atoms with van der Waals surface area (Å²) in [6.45, 7) is 1.40. The van der Waals surface area contributed by atoms with Gasteiger partial charge in [-0.05, 0) is 30.7 Å². The Labute approximate surface area is 160 Å². The van der Waals surface area contributed by atoms with Crippen molar-refractivity contribution in [3.8, 4) is 11.4 Å². The van der Waals surface area contributed by atoms with E-state index in [0.717, 1.165) is 11.5 Å². The van der Waals surface area contributed by atoms with E-state index in [1.807, 2.05) is 17.0 Å². The number of aromatic nitrogens is 3. The fourth-order valence-corrected chi connectivity index (χ4v) is 3.70. The second-order valence-corrected chi connectivity index (χ2v) is 7.05. The largest absolute Gasteiger partial charge is 0.508 e. The average molecular weight is 379 g/mol. The molecule has 1 aromatic carbocycles. The first-order chi connectivity index (χ1) is 13.6. The molecule has 1 amide bonds. The van der Waals surface area contributed by atoms with Crippen LogP contribution in [0.3, 0.4) is 0 Å². The number of fused-ring (bicyclic) bond motifs is 1. The SMILES string of the molecule is O=C1c2cn(-c3ccc(N4CC[C@H](F)C4)nc3)nc2CN1c1cccc(O)c1. The Kier molecular flexibility index (Phi) is 3.78. The van der Waals surface area contributed by atoms with Crippen molar-refractivity contribution in [1.29, 1.82) is 0 Å². The maximum atomic E-state index is 13.4. The first kappa shape index (κ1) is 16.7. The number of hydrogen-bond donors (Lipinski definition) is 1. The van der Waals surface area contributed by atoms with E-state index in [-0.39, 0.29) is 11.7 Å². The summed E-state index contributed by atoms with van der Waals surface area (Å²) in [5, 5.41) is 14.2. The fourth-order valence-electron chi connectivity index (χ4n) is 3.70. The number of hydrogen-bond acceptors (Lipinski definition) is 5. The first-order valence-corrected chi connectivity index (χ1v) is 9.13. The number of halogens is 1. The van der Waals surface area contributed by atoms with Gasteiger partial charge in [-0.25, -0.2) is 14.1 Å². The second kappa shape index (κ2) is 6.33. The Bertz CT molecular complexity index is 1050. The molecule has 0 saturated carbocycles. The predicted octanol–water partition coefficient (Wildman–Crippen LogP) is 2.68. The number of anilines is 2. The highest BCUT2D eigenvalue weighted by atomic mass is 19.1. The van der Waals surface area contributed by atoms with E-state index in [0.29, 0.717) is 43.0 Å². The van der Waals surface area contributed by atoms with Crippen molar-refractivity contribution in [2.45, 2.75) is 19.1 Å². The number of rotatable bonds is 3. The summed E-state index contributed by atoms with van der Waals surface area (Å²) in [5.41, 5.74) is 2.59. The minimum Gasteiger partial charge on any atom is -0.508 e. The first-order valence-electron chi connectivity index (χ1n) is 9.13. The van der Waals surface area contributed by atoms with Crippen LogP contribution < -0.4 is 9.80 Å². The highest BCUT2D eigenvalue weighted by Gasteiger charge is 2.32. The van der Waals surface area contributed by atoms with Gasteiger partial charge >= 0.3 is 0 Å². The maximum Gasteiger partial charge on any atom is 0.262 e. The lowest BCUT2D eigenvalue weighted by Crippen LogP contribution is -2.23. The van der Waals surface area contributed by atoms with Gasteiger partial charge in [-0.2, -0.15) is 5.10 Å². The maximum absolute atomic E-state index is 13.4. The molecule has 2 aliphatic heterocycles. The molecule has 0 aliphatic carbocycles. The van der Waals surface area contributed by atoms with Gasteiger partial charge in [0.25, 0.3) is 5.91 Å². The minimum atomic E-state index is -0.795. The van der Waals surface area contributed by atoms with Crippen LogP contribution in [0, 0.1) is 0 Å². The molecule has 7 nitrogen and oxygen atoms in total. The van der Waals surface area contributed by atoms with Gasteiger partial charge in [-0.3, -0.25) is 4.79 Å². The number of phenolic OH excluding ortho intramolecular Hbond substituents is 1. The van der Waals surface area contributed by atoms with Crippen molar-refractivity contribution in [2.75, 3.05) is 22.9 Å². The molecular weight excluding hydrogens is 361 g/mol. The van der Waals surface area contributed by atoms with Gasteiger partial charge in [0.15, 0.2) is 0 Å². The Morgan fingerprint density at radius 1 is 1.18 bits per heavy atom. The molecule has 1 N–H and O–H groups in total. The van der Waals surface area contributed by atoms with Crippen LogP contribution in [-0.2, 0) is 6.54 Å². The number of nitrogens with zero attached hydrogens (tertiary/aromatic N) is 5. The molecule has 142 valence electrons. The van der Waals surface area contributed by atoms with Crippen LogP contribution in [0.1, 0.15) is 22.5 Å². The molecule has 0 unspecified atom stereocenters. The molecule has 0 radical (unpaired) electrons. The molecule has 5 rings (SSSR count). The van der Waals surface area contributed by atoms with E-state index in [2.05, 4.69) is 10.1 Å². The van der Waals surface area contributed by atoms with Crippen LogP contribution in [0.25, 0.3) is 5.69 Å². The summed E-state index contributed by atoms with van der Waals surface area (Å²) < 4.78 is 15.0. The number of aromatic hydroxyl groups is 1. The Hall–Kier alpha value is -3.42. The number of carbonyl (C=O) groups is 1. The van der Waals surface area contributed by atoms with Crippen LogP contribution in [0.2, 0.25) is 0 Å². The summed E-state index contributed by atoms with van der Waals surface area (Å²) in [5.74, 6) is 0.709. The van der Waals surface area contributed by atoms with Crippen molar-refractivity contribution in [2.24, 2.45) is 0 Å². The molecule has 1 atom stereocenters. The number of phenols is 1. The van der Waals surface area contributed by atoms with Crippen molar-refractivity contribution >= 4 is 17.4 Å². The van der Waals surface area contributed by atoms with Crippen molar-refractivity contribution in [1.82, 2.24) is 14.8 Å². The quantitative estimate of drug-likeness (QED) is 0.757. The zero-order chi connectivity index (χ0) is 19.3. The van der Waals surface area contributed by atoms with E-state index in [1.54, 1.807) is 46.2 Å². The number of carbonyl (C=O) groups excluding carboxylic acids is 1. The average Bonchev–Trinajstić information content (AvgIpc) is 3.38. The molecule has 2 aromatic heterocycles. The molecule has 28 heavy (non-hydrogen) atoms. The smallest absolute Gasteiger partial charge is 0.262 e. The van der Waals surface area contributed by atoms with E-state index in [9.17, 15) is 14.3 Å². The second-order valence-electron chi connectivity index (χ2n) is 7.05. The topological polar surface area (TPSA) is 74.5 Å². The van der Waals surface area contributed by atoms with Crippen LogP contribution in [-0.4, -0.2) is 45.0 Å². The van der Waals surface area contributed by atoms with Gasteiger partial charge in [0.2, 0.25) is 0 Å². The monoisotopic (exact) mass is 379 g/mol. The van der Waals surface area contributed by atoms with E-state index in [4.69, 9.17) is 0 Å². The minimum absolute atomic E-state index is 0.114.